The monoisotopic (exact) mass is 249 g/mol. The highest BCUT2D eigenvalue weighted by molar-refractivity contribution is 7.99. The molecule has 1 atom stereocenters. The van der Waals surface area contributed by atoms with Crippen LogP contribution < -0.4 is 0 Å². The Balaban J connectivity index is 2.62. The number of nitrogens with zero attached hydrogens (tertiary/aromatic N) is 1. The van der Waals surface area contributed by atoms with E-state index in [1.54, 1.807) is 6.92 Å². The molecule has 0 aliphatic rings. The van der Waals surface area contributed by atoms with Crippen LogP contribution in [-0.4, -0.2) is 21.8 Å². The molecule has 0 aliphatic carbocycles. The molecule has 0 fully saturated rings. The Kier molecular flexibility index (Phi) is 4.35. The Morgan fingerprint density at radius 3 is 3.00 bits per heavy atom. The van der Waals surface area contributed by atoms with Crippen molar-refractivity contribution in [1.29, 1.82) is 0 Å². The molecule has 3 nitrogen and oxygen atoms in total. The van der Waals surface area contributed by atoms with Crippen LogP contribution in [0.5, 0.6) is 0 Å². The van der Waals surface area contributed by atoms with Gasteiger partial charge in [0.05, 0.1) is 10.9 Å². The van der Waals surface area contributed by atoms with Crippen molar-refractivity contribution in [2.75, 3.05) is 5.75 Å². The maximum absolute atomic E-state index is 13.2. The predicted molar refractivity (Wildman–Crippen MR) is 56.7 cm³/mol. The van der Waals surface area contributed by atoms with Crippen molar-refractivity contribution in [3.05, 3.63) is 23.1 Å². The van der Waals surface area contributed by atoms with Crippen molar-refractivity contribution < 1.29 is 14.3 Å². The molecule has 0 radical (unpaired) electrons. The van der Waals surface area contributed by atoms with E-state index >= 15 is 0 Å². The van der Waals surface area contributed by atoms with Gasteiger partial charge < -0.3 is 5.11 Å². The molecule has 1 unspecified atom stereocenters. The van der Waals surface area contributed by atoms with E-state index in [1.165, 1.54) is 6.20 Å². The molecule has 0 aliphatic heterocycles. The number of aliphatic carboxylic acids is 1. The standard InChI is InChI=1S/C9H9ClFNO2S/c1-5(9(13)14)4-15-8-7(11)2-6(10)3-12-8/h2-3,5H,4H2,1H3,(H,13,14). The fourth-order valence-corrected chi connectivity index (χ4v) is 1.80. The van der Waals surface area contributed by atoms with E-state index in [0.29, 0.717) is 0 Å². The molecule has 1 aromatic rings. The van der Waals surface area contributed by atoms with Crippen LogP contribution in [0.1, 0.15) is 6.92 Å². The highest BCUT2D eigenvalue weighted by Crippen LogP contribution is 2.23. The third-order valence-electron chi connectivity index (χ3n) is 1.67. The van der Waals surface area contributed by atoms with Crippen LogP contribution in [0.3, 0.4) is 0 Å². The van der Waals surface area contributed by atoms with E-state index in [-0.39, 0.29) is 15.8 Å². The lowest BCUT2D eigenvalue weighted by atomic mass is 10.2. The lowest BCUT2D eigenvalue weighted by Crippen LogP contribution is -2.11. The summed E-state index contributed by atoms with van der Waals surface area (Å²) < 4.78 is 13.2. The van der Waals surface area contributed by atoms with E-state index in [9.17, 15) is 9.18 Å². The lowest BCUT2D eigenvalue weighted by molar-refractivity contribution is -0.140. The van der Waals surface area contributed by atoms with Crippen molar-refractivity contribution in [2.45, 2.75) is 11.9 Å². The summed E-state index contributed by atoms with van der Waals surface area (Å²) >= 11 is 6.59. The van der Waals surface area contributed by atoms with Crippen LogP contribution in [-0.2, 0) is 4.79 Å². The van der Waals surface area contributed by atoms with Gasteiger partial charge in [0, 0.05) is 11.9 Å². The highest BCUT2D eigenvalue weighted by atomic mass is 35.5. The van der Waals surface area contributed by atoms with Gasteiger partial charge in [0.15, 0.2) is 5.82 Å². The number of pyridine rings is 1. The van der Waals surface area contributed by atoms with Crippen LogP contribution in [0.4, 0.5) is 4.39 Å². The summed E-state index contributed by atoms with van der Waals surface area (Å²) in [6.45, 7) is 1.56. The minimum atomic E-state index is -0.906. The molecule has 0 bridgehead atoms. The van der Waals surface area contributed by atoms with E-state index in [1.807, 2.05) is 0 Å². The molecule has 1 aromatic heterocycles. The first-order chi connectivity index (χ1) is 7.00. The van der Waals surface area contributed by atoms with E-state index in [2.05, 4.69) is 4.98 Å². The molecule has 1 rings (SSSR count). The predicted octanol–water partition coefficient (Wildman–Crippen LogP) is 2.69. The van der Waals surface area contributed by atoms with Gasteiger partial charge >= 0.3 is 5.97 Å². The second-order valence-electron chi connectivity index (χ2n) is 2.99. The Morgan fingerprint density at radius 1 is 1.80 bits per heavy atom. The van der Waals surface area contributed by atoms with Crippen molar-refractivity contribution in [3.8, 4) is 0 Å². The second kappa shape index (κ2) is 5.32. The molecule has 0 spiro atoms. The van der Waals surface area contributed by atoms with Gasteiger partial charge in [-0.2, -0.15) is 0 Å². The Bertz CT molecular complexity index is 375. The molecule has 1 N–H and O–H groups in total. The molecular weight excluding hydrogens is 241 g/mol. The van der Waals surface area contributed by atoms with Crippen LogP contribution >= 0.6 is 23.4 Å². The summed E-state index contributed by atoms with van der Waals surface area (Å²) in [5, 5.41) is 9.02. The Morgan fingerprint density at radius 2 is 2.47 bits per heavy atom. The average Bonchev–Trinajstić information content (AvgIpc) is 2.15. The van der Waals surface area contributed by atoms with Crippen LogP contribution in [0.15, 0.2) is 17.3 Å². The summed E-state index contributed by atoms with van der Waals surface area (Å²) in [6.07, 6.45) is 1.33. The molecule has 15 heavy (non-hydrogen) atoms. The van der Waals surface area contributed by atoms with Gasteiger partial charge in [0.2, 0.25) is 0 Å². The van der Waals surface area contributed by atoms with Gasteiger partial charge in [0.25, 0.3) is 0 Å². The topological polar surface area (TPSA) is 50.2 Å². The number of carboxylic acid groups (broad SMARTS) is 1. The van der Waals surface area contributed by atoms with Crippen molar-refractivity contribution in [1.82, 2.24) is 4.98 Å². The number of hydrogen-bond acceptors (Lipinski definition) is 3. The zero-order valence-electron chi connectivity index (χ0n) is 7.91. The lowest BCUT2D eigenvalue weighted by Gasteiger charge is -2.05. The second-order valence-corrected chi connectivity index (χ2v) is 4.44. The summed E-state index contributed by atoms with van der Waals surface area (Å²) in [5.74, 6) is -1.69. The minimum absolute atomic E-state index is 0.174. The highest BCUT2D eigenvalue weighted by Gasteiger charge is 2.13. The van der Waals surface area contributed by atoms with Gasteiger partial charge in [-0.15, -0.1) is 11.8 Å². The first-order valence-corrected chi connectivity index (χ1v) is 5.53. The molecule has 6 heteroatoms. The largest absolute Gasteiger partial charge is 0.481 e. The zero-order chi connectivity index (χ0) is 11.4. The SMILES string of the molecule is CC(CSc1ncc(Cl)cc1F)C(=O)O. The molecule has 82 valence electrons. The van der Waals surface area contributed by atoms with Gasteiger partial charge in [-0.1, -0.05) is 18.5 Å². The number of hydrogen-bond donors (Lipinski definition) is 1. The van der Waals surface area contributed by atoms with Gasteiger partial charge in [-0.3, -0.25) is 4.79 Å². The molecule has 1 heterocycles. The molecule has 0 saturated heterocycles. The van der Waals surface area contributed by atoms with Gasteiger partial charge in [0.1, 0.15) is 5.03 Å². The van der Waals surface area contributed by atoms with Crippen LogP contribution in [0.2, 0.25) is 5.02 Å². The van der Waals surface area contributed by atoms with Crippen molar-refractivity contribution in [2.24, 2.45) is 5.92 Å². The van der Waals surface area contributed by atoms with E-state index < -0.39 is 17.7 Å². The van der Waals surface area contributed by atoms with Crippen LogP contribution in [0, 0.1) is 11.7 Å². The molecule has 0 aromatic carbocycles. The van der Waals surface area contributed by atoms with Gasteiger partial charge in [-0.25, -0.2) is 9.37 Å². The van der Waals surface area contributed by atoms with Gasteiger partial charge in [-0.05, 0) is 6.07 Å². The molecular formula is C9H9ClFNO2S. The number of carbonyl (C=O) groups is 1. The third kappa shape index (κ3) is 3.68. The number of rotatable bonds is 4. The number of halogens is 2. The maximum Gasteiger partial charge on any atom is 0.307 e. The van der Waals surface area contributed by atoms with E-state index in [0.717, 1.165) is 17.8 Å². The first-order valence-electron chi connectivity index (χ1n) is 4.17. The number of aromatic nitrogens is 1. The summed E-state index contributed by atoms with van der Waals surface area (Å²) in [5.41, 5.74) is 0. The Hall–Kier alpha value is -0.810. The fourth-order valence-electron chi connectivity index (χ4n) is 0.783. The fraction of sp³-hybridized carbons (Fsp3) is 0.333. The molecule has 0 saturated carbocycles. The quantitative estimate of drug-likeness (QED) is 0.834. The average molecular weight is 250 g/mol. The summed E-state index contributed by atoms with van der Waals surface area (Å²) in [6, 6.07) is 1.16. The normalized spacial score (nSPS) is 12.5. The number of thioether (sulfide) groups is 1. The summed E-state index contributed by atoms with van der Waals surface area (Å²) in [7, 11) is 0. The first kappa shape index (κ1) is 12.3. The van der Waals surface area contributed by atoms with Crippen molar-refractivity contribution in [3.63, 3.8) is 0 Å². The maximum atomic E-state index is 13.2. The van der Waals surface area contributed by atoms with Crippen LogP contribution in [0.25, 0.3) is 0 Å². The van der Waals surface area contributed by atoms with E-state index in [4.69, 9.17) is 16.7 Å². The Labute approximate surface area is 95.7 Å². The third-order valence-corrected chi connectivity index (χ3v) is 3.11. The summed E-state index contributed by atoms with van der Waals surface area (Å²) in [4.78, 5) is 14.3. The molecule has 0 amide bonds. The minimum Gasteiger partial charge on any atom is -0.481 e. The zero-order valence-corrected chi connectivity index (χ0v) is 9.48. The number of carboxylic acids is 1. The smallest absolute Gasteiger partial charge is 0.307 e. The van der Waals surface area contributed by atoms with Crippen molar-refractivity contribution >= 4 is 29.3 Å².